The van der Waals surface area contributed by atoms with Gasteiger partial charge >= 0.3 is 0 Å². The number of hydrogen-bond acceptors (Lipinski definition) is 5. The van der Waals surface area contributed by atoms with Gasteiger partial charge in [-0.1, -0.05) is 6.92 Å². The molecule has 7 nitrogen and oxygen atoms in total. The van der Waals surface area contributed by atoms with E-state index in [4.69, 9.17) is 4.74 Å². The first-order valence-electron chi connectivity index (χ1n) is 7.64. The summed E-state index contributed by atoms with van der Waals surface area (Å²) in [6.07, 6.45) is 1.78. The van der Waals surface area contributed by atoms with Gasteiger partial charge in [-0.2, -0.15) is 4.31 Å². The Balaban J connectivity index is 2.83. The molecular weight excluding hydrogens is 352 g/mol. The Morgan fingerprint density at radius 1 is 1.25 bits per heavy atom. The highest BCUT2D eigenvalue weighted by atomic mass is 32.2. The molecule has 0 radical (unpaired) electrons. The highest BCUT2D eigenvalue weighted by Crippen LogP contribution is 2.21. The molecule has 1 unspecified atom stereocenters. The summed E-state index contributed by atoms with van der Waals surface area (Å²) in [4.78, 5) is 0.121. The normalized spacial score (nSPS) is 13.9. The van der Waals surface area contributed by atoms with Crippen LogP contribution in [0.5, 0.6) is 5.75 Å². The van der Waals surface area contributed by atoms with Crippen molar-refractivity contribution < 1.29 is 21.6 Å². The van der Waals surface area contributed by atoms with E-state index in [-0.39, 0.29) is 24.0 Å². The molecule has 9 heteroatoms. The molecule has 24 heavy (non-hydrogen) atoms. The Morgan fingerprint density at radius 2 is 1.88 bits per heavy atom. The van der Waals surface area contributed by atoms with Gasteiger partial charge in [-0.05, 0) is 44.0 Å². The number of nitrogens with one attached hydrogen (secondary N) is 1. The van der Waals surface area contributed by atoms with Crippen molar-refractivity contribution in [1.82, 2.24) is 9.03 Å². The fourth-order valence-corrected chi connectivity index (χ4v) is 4.64. The minimum Gasteiger partial charge on any atom is -0.496 e. The van der Waals surface area contributed by atoms with Crippen LogP contribution < -0.4 is 9.46 Å². The Bertz CT molecular complexity index is 760. The molecule has 1 atom stereocenters. The molecule has 0 heterocycles. The van der Waals surface area contributed by atoms with Gasteiger partial charge in [0.15, 0.2) is 0 Å². The third-order valence-corrected chi connectivity index (χ3v) is 6.66. The number of rotatable bonds is 9. The van der Waals surface area contributed by atoms with E-state index < -0.39 is 20.0 Å². The van der Waals surface area contributed by atoms with Crippen molar-refractivity contribution in [2.45, 2.75) is 38.1 Å². The van der Waals surface area contributed by atoms with Crippen molar-refractivity contribution in [2.75, 3.05) is 26.5 Å². The lowest BCUT2D eigenvalue weighted by atomic mass is 10.2. The molecule has 0 saturated carbocycles. The van der Waals surface area contributed by atoms with E-state index in [1.807, 2.05) is 6.92 Å². The molecule has 138 valence electrons. The maximum absolute atomic E-state index is 12.3. The van der Waals surface area contributed by atoms with Crippen molar-refractivity contribution in [3.05, 3.63) is 23.8 Å². The molecule has 1 aromatic rings. The molecule has 0 fully saturated rings. The van der Waals surface area contributed by atoms with E-state index in [0.717, 1.165) is 6.26 Å². The molecule has 0 aliphatic rings. The summed E-state index contributed by atoms with van der Waals surface area (Å²) in [7, 11) is -5.58. The number of ether oxygens (including phenoxy) is 1. The predicted octanol–water partition coefficient (Wildman–Crippen LogP) is 1.34. The first-order chi connectivity index (χ1) is 11.0. The van der Waals surface area contributed by atoms with E-state index in [2.05, 4.69) is 4.72 Å². The zero-order chi connectivity index (χ0) is 18.5. The van der Waals surface area contributed by atoms with Gasteiger partial charge in [0, 0.05) is 19.1 Å². The topological polar surface area (TPSA) is 92.8 Å². The first-order valence-corrected chi connectivity index (χ1v) is 11.0. The fraction of sp³-hybridized carbons (Fsp3) is 0.600. The molecule has 0 aliphatic heterocycles. The molecule has 1 rings (SSSR count). The summed E-state index contributed by atoms with van der Waals surface area (Å²) in [5.74, 6) is 0.606. The fourth-order valence-electron chi connectivity index (χ4n) is 2.31. The number of sulfonamides is 2. The van der Waals surface area contributed by atoms with Crippen LogP contribution in [0.4, 0.5) is 0 Å². The lowest BCUT2D eigenvalue weighted by Gasteiger charge is -2.26. The van der Waals surface area contributed by atoms with Crippen molar-refractivity contribution in [3.63, 3.8) is 0 Å². The second-order valence-corrected chi connectivity index (χ2v) is 9.36. The molecule has 1 aromatic carbocycles. The van der Waals surface area contributed by atoms with Crippen molar-refractivity contribution in [3.8, 4) is 5.75 Å². The van der Waals surface area contributed by atoms with Gasteiger partial charge in [-0.3, -0.25) is 0 Å². The monoisotopic (exact) mass is 378 g/mol. The highest BCUT2D eigenvalue weighted by molar-refractivity contribution is 7.89. The Labute approximate surface area is 145 Å². The molecule has 0 aliphatic carbocycles. The lowest BCUT2D eigenvalue weighted by molar-refractivity contribution is 0.335. The van der Waals surface area contributed by atoms with Gasteiger partial charge < -0.3 is 4.74 Å². The molecule has 0 spiro atoms. The smallest absolute Gasteiger partial charge is 0.240 e. The van der Waals surface area contributed by atoms with Crippen LogP contribution in [0, 0.1) is 6.92 Å². The van der Waals surface area contributed by atoms with Gasteiger partial charge in [-0.15, -0.1) is 0 Å². The minimum atomic E-state index is -3.71. The molecular formula is C15H26N2O5S2. The molecule has 0 bridgehead atoms. The van der Waals surface area contributed by atoms with Crippen LogP contribution in [-0.4, -0.2) is 53.6 Å². The van der Waals surface area contributed by atoms with Crippen molar-refractivity contribution in [2.24, 2.45) is 0 Å². The van der Waals surface area contributed by atoms with Gasteiger partial charge in [-0.25, -0.2) is 21.6 Å². The van der Waals surface area contributed by atoms with Gasteiger partial charge in [0.1, 0.15) is 5.75 Å². The Morgan fingerprint density at radius 3 is 2.33 bits per heavy atom. The van der Waals surface area contributed by atoms with E-state index in [1.54, 1.807) is 19.9 Å². The summed E-state index contributed by atoms with van der Waals surface area (Å²) in [6.45, 7) is 5.52. The van der Waals surface area contributed by atoms with E-state index in [9.17, 15) is 16.8 Å². The van der Waals surface area contributed by atoms with Crippen molar-refractivity contribution >= 4 is 20.0 Å². The van der Waals surface area contributed by atoms with Crippen molar-refractivity contribution in [1.29, 1.82) is 0 Å². The molecule has 0 saturated heterocycles. The quantitative estimate of drug-likeness (QED) is 0.700. The van der Waals surface area contributed by atoms with Gasteiger partial charge in [0.2, 0.25) is 20.0 Å². The lowest BCUT2D eigenvalue weighted by Crippen LogP contribution is -2.42. The third-order valence-electron chi connectivity index (χ3n) is 3.81. The first kappa shape index (κ1) is 20.9. The maximum Gasteiger partial charge on any atom is 0.240 e. The third kappa shape index (κ3) is 5.44. The molecule has 1 N–H and O–H groups in total. The summed E-state index contributed by atoms with van der Waals surface area (Å²) in [5.41, 5.74) is 0.706. The Kier molecular flexibility index (Phi) is 7.21. The zero-order valence-corrected chi connectivity index (χ0v) is 16.4. The van der Waals surface area contributed by atoms with Gasteiger partial charge in [0.25, 0.3) is 0 Å². The minimum absolute atomic E-state index is 0.00478. The number of methoxy groups -OCH3 is 1. The van der Waals surface area contributed by atoms with Crippen LogP contribution in [0.1, 0.15) is 25.8 Å². The summed E-state index contributed by atoms with van der Waals surface area (Å²) >= 11 is 0. The molecule has 0 amide bonds. The summed E-state index contributed by atoms with van der Waals surface area (Å²) < 4.78 is 57.1. The number of hydrogen-bond donors (Lipinski definition) is 1. The van der Waals surface area contributed by atoms with Crippen LogP contribution in [-0.2, 0) is 20.0 Å². The average molecular weight is 379 g/mol. The van der Waals surface area contributed by atoms with Crippen LogP contribution in [0.15, 0.2) is 23.1 Å². The van der Waals surface area contributed by atoms with E-state index in [0.29, 0.717) is 17.7 Å². The zero-order valence-electron chi connectivity index (χ0n) is 14.7. The van der Waals surface area contributed by atoms with Crippen LogP contribution >= 0.6 is 0 Å². The maximum atomic E-state index is 12.3. The van der Waals surface area contributed by atoms with Crippen LogP contribution in [0.2, 0.25) is 0 Å². The number of aryl methyl sites for hydroxylation is 1. The second kappa shape index (κ2) is 8.28. The van der Waals surface area contributed by atoms with Crippen LogP contribution in [0.25, 0.3) is 0 Å². The summed E-state index contributed by atoms with van der Waals surface area (Å²) in [6, 6.07) is 4.38. The standard InChI is InChI=1S/C15H26N2O5S2/c1-6-13(3)17(23(5,18)19)10-9-16-24(20,21)14-7-8-15(22-4)12(2)11-14/h7-8,11,13,16H,6,9-10H2,1-5H3. The molecule has 0 aromatic heterocycles. The number of nitrogens with zero attached hydrogens (tertiary/aromatic N) is 1. The number of benzene rings is 1. The second-order valence-electron chi connectivity index (χ2n) is 5.66. The predicted molar refractivity (Wildman–Crippen MR) is 94.2 cm³/mol. The Hall–Kier alpha value is -1.16. The van der Waals surface area contributed by atoms with Crippen LogP contribution in [0.3, 0.4) is 0 Å². The summed E-state index contributed by atoms with van der Waals surface area (Å²) in [5, 5.41) is 0. The van der Waals surface area contributed by atoms with E-state index in [1.165, 1.54) is 23.5 Å². The average Bonchev–Trinajstić information content (AvgIpc) is 2.49. The van der Waals surface area contributed by atoms with E-state index >= 15 is 0 Å². The van der Waals surface area contributed by atoms with Gasteiger partial charge in [0.05, 0.1) is 18.3 Å². The largest absolute Gasteiger partial charge is 0.496 e. The SMILES string of the molecule is CCC(C)N(CCNS(=O)(=O)c1ccc(OC)c(C)c1)S(C)(=O)=O. The highest BCUT2D eigenvalue weighted by Gasteiger charge is 2.23.